The van der Waals surface area contributed by atoms with Gasteiger partial charge >= 0.3 is 0 Å². The predicted octanol–water partition coefficient (Wildman–Crippen LogP) is 6.22. The Labute approximate surface area is 165 Å². The number of aromatic nitrogens is 3. The van der Waals surface area contributed by atoms with Gasteiger partial charge in [-0.3, -0.25) is 0 Å². The number of benzene rings is 2. The van der Waals surface area contributed by atoms with Gasteiger partial charge in [-0.25, -0.2) is 15.0 Å². The number of hydrogen-bond donors (Lipinski definition) is 0. The van der Waals surface area contributed by atoms with Crippen LogP contribution < -0.4 is 0 Å². The van der Waals surface area contributed by atoms with Crippen LogP contribution in [0.25, 0.3) is 22.8 Å². The zero-order valence-electron chi connectivity index (χ0n) is 13.8. The minimum Gasteiger partial charge on any atom is -0.212 e. The topological polar surface area (TPSA) is 38.7 Å². The standard InChI is InChI=1S/C21H15BrClN3/c22-17-11-16(12-18(23)13-17)21-25-19(14-7-3-1-4-8-14)24-20(26-21)15-9-5-2-6-10-15/h1-9,11-13,15H,10H2. The summed E-state index contributed by atoms with van der Waals surface area (Å²) in [4.78, 5) is 14.2. The third-order valence-electron chi connectivity index (χ3n) is 4.12. The number of hydrogen-bond acceptors (Lipinski definition) is 3. The normalized spacial score (nSPS) is 16.0. The van der Waals surface area contributed by atoms with Crippen LogP contribution in [0.15, 0.2) is 77.3 Å². The van der Waals surface area contributed by atoms with Crippen LogP contribution >= 0.6 is 27.5 Å². The monoisotopic (exact) mass is 423 g/mol. The summed E-state index contributed by atoms with van der Waals surface area (Å²) in [7, 11) is 0. The Kier molecular flexibility index (Phi) is 4.96. The van der Waals surface area contributed by atoms with E-state index in [-0.39, 0.29) is 5.92 Å². The second-order valence-electron chi connectivity index (χ2n) is 6.02. The quantitative estimate of drug-likeness (QED) is 0.501. The Balaban J connectivity index is 1.87. The summed E-state index contributed by atoms with van der Waals surface area (Å²) in [5.41, 5.74) is 1.83. The van der Waals surface area contributed by atoms with Gasteiger partial charge in [0.05, 0.1) is 0 Å². The maximum atomic E-state index is 6.22. The summed E-state index contributed by atoms with van der Waals surface area (Å²) in [6.07, 6.45) is 9.22. The fourth-order valence-electron chi connectivity index (χ4n) is 2.86. The first-order valence-electron chi connectivity index (χ1n) is 8.30. The van der Waals surface area contributed by atoms with E-state index in [1.165, 1.54) is 0 Å². The lowest BCUT2D eigenvalue weighted by molar-refractivity contribution is 0.764. The summed E-state index contributed by atoms with van der Waals surface area (Å²) < 4.78 is 0.892. The van der Waals surface area contributed by atoms with Gasteiger partial charge in [-0.05, 0) is 24.6 Å². The van der Waals surface area contributed by atoms with Crippen LogP contribution in [0.2, 0.25) is 5.02 Å². The van der Waals surface area contributed by atoms with Crippen LogP contribution in [0.1, 0.15) is 18.2 Å². The Morgan fingerprint density at radius 2 is 1.65 bits per heavy atom. The van der Waals surface area contributed by atoms with Gasteiger partial charge < -0.3 is 0 Å². The second kappa shape index (κ2) is 7.52. The molecular weight excluding hydrogens is 410 g/mol. The predicted molar refractivity (Wildman–Crippen MR) is 109 cm³/mol. The molecule has 1 heterocycles. The van der Waals surface area contributed by atoms with Crippen molar-refractivity contribution in [3.8, 4) is 22.8 Å². The van der Waals surface area contributed by atoms with Gasteiger partial charge in [-0.1, -0.05) is 82.2 Å². The van der Waals surface area contributed by atoms with Crippen molar-refractivity contribution >= 4 is 27.5 Å². The van der Waals surface area contributed by atoms with E-state index < -0.39 is 0 Å². The van der Waals surface area contributed by atoms with Crippen LogP contribution in [0.5, 0.6) is 0 Å². The van der Waals surface area contributed by atoms with Gasteiger partial charge in [-0.15, -0.1) is 0 Å². The fourth-order valence-corrected chi connectivity index (χ4v) is 3.72. The van der Waals surface area contributed by atoms with E-state index in [1.54, 1.807) is 0 Å². The van der Waals surface area contributed by atoms with Gasteiger partial charge in [0.25, 0.3) is 0 Å². The molecule has 0 saturated heterocycles. The zero-order valence-corrected chi connectivity index (χ0v) is 16.2. The zero-order chi connectivity index (χ0) is 17.9. The number of allylic oxidation sites excluding steroid dienone is 4. The van der Waals surface area contributed by atoms with Crippen LogP contribution in [0.3, 0.4) is 0 Å². The molecule has 1 aliphatic carbocycles. The molecule has 0 spiro atoms. The molecule has 4 rings (SSSR count). The SMILES string of the molecule is Clc1cc(Br)cc(-c2nc(-c3ccccc3)nc(C3C=CC=CC3)n2)c1. The average molecular weight is 425 g/mol. The molecule has 0 saturated carbocycles. The highest BCUT2D eigenvalue weighted by Crippen LogP contribution is 2.29. The molecular formula is C21H15BrClN3. The summed E-state index contributed by atoms with van der Waals surface area (Å²) in [6.45, 7) is 0. The summed E-state index contributed by atoms with van der Waals surface area (Å²) in [6, 6.07) is 15.7. The molecule has 1 aromatic heterocycles. The lowest BCUT2D eigenvalue weighted by Crippen LogP contribution is -2.07. The summed E-state index contributed by atoms with van der Waals surface area (Å²) in [5, 5.41) is 0.637. The van der Waals surface area contributed by atoms with E-state index in [4.69, 9.17) is 26.6 Å². The molecule has 0 fully saturated rings. The Hall–Kier alpha value is -2.30. The molecule has 1 unspecified atom stereocenters. The Morgan fingerprint density at radius 3 is 2.35 bits per heavy atom. The molecule has 0 N–H and O–H groups in total. The van der Waals surface area contributed by atoms with Crippen molar-refractivity contribution in [2.75, 3.05) is 0 Å². The minimum absolute atomic E-state index is 0.145. The highest BCUT2D eigenvalue weighted by atomic mass is 79.9. The molecule has 5 heteroatoms. The Morgan fingerprint density at radius 1 is 0.885 bits per heavy atom. The first-order valence-corrected chi connectivity index (χ1v) is 9.47. The molecule has 1 atom stereocenters. The molecule has 3 aromatic rings. The summed E-state index contributed by atoms with van der Waals surface area (Å²) in [5.74, 6) is 2.21. The van der Waals surface area contributed by atoms with Crippen molar-refractivity contribution in [3.05, 3.63) is 88.2 Å². The van der Waals surface area contributed by atoms with Crippen LogP contribution in [0, 0.1) is 0 Å². The first-order chi connectivity index (χ1) is 12.7. The molecule has 0 amide bonds. The highest BCUT2D eigenvalue weighted by Gasteiger charge is 2.17. The number of halogens is 2. The average Bonchev–Trinajstić information content (AvgIpc) is 2.68. The van der Waals surface area contributed by atoms with E-state index >= 15 is 0 Å². The van der Waals surface area contributed by atoms with Crippen molar-refractivity contribution in [2.24, 2.45) is 0 Å². The maximum Gasteiger partial charge on any atom is 0.163 e. The van der Waals surface area contributed by atoms with Gasteiger partial charge in [0.2, 0.25) is 0 Å². The van der Waals surface area contributed by atoms with Crippen molar-refractivity contribution in [1.82, 2.24) is 15.0 Å². The van der Waals surface area contributed by atoms with E-state index in [1.807, 2.05) is 60.7 Å². The lowest BCUT2D eigenvalue weighted by atomic mass is 10.00. The number of nitrogens with zero attached hydrogens (tertiary/aromatic N) is 3. The van der Waals surface area contributed by atoms with Gasteiger partial charge in [-0.2, -0.15) is 0 Å². The molecule has 0 radical (unpaired) electrons. The summed E-state index contributed by atoms with van der Waals surface area (Å²) >= 11 is 9.72. The molecule has 128 valence electrons. The van der Waals surface area contributed by atoms with E-state index in [9.17, 15) is 0 Å². The van der Waals surface area contributed by atoms with Gasteiger partial charge in [0, 0.05) is 26.5 Å². The second-order valence-corrected chi connectivity index (χ2v) is 7.37. The van der Waals surface area contributed by atoms with E-state index in [0.717, 1.165) is 27.8 Å². The van der Waals surface area contributed by atoms with Crippen LogP contribution in [-0.4, -0.2) is 15.0 Å². The first kappa shape index (κ1) is 17.1. The fraction of sp³-hybridized carbons (Fsp3) is 0.0952. The van der Waals surface area contributed by atoms with E-state index in [2.05, 4.69) is 28.1 Å². The lowest BCUT2D eigenvalue weighted by Gasteiger charge is -2.14. The molecule has 3 nitrogen and oxygen atoms in total. The third kappa shape index (κ3) is 3.76. The smallest absolute Gasteiger partial charge is 0.163 e. The molecule has 1 aliphatic rings. The van der Waals surface area contributed by atoms with Gasteiger partial charge in [0.1, 0.15) is 5.82 Å². The van der Waals surface area contributed by atoms with Crippen LogP contribution in [-0.2, 0) is 0 Å². The molecule has 2 aromatic carbocycles. The molecule has 0 aliphatic heterocycles. The van der Waals surface area contributed by atoms with Crippen molar-refractivity contribution in [3.63, 3.8) is 0 Å². The Bertz CT molecular complexity index is 979. The van der Waals surface area contributed by atoms with Gasteiger partial charge in [0.15, 0.2) is 11.6 Å². The van der Waals surface area contributed by atoms with Crippen LogP contribution in [0.4, 0.5) is 0 Å². The third-order valence-corrected chi connectivity index (χ3v) is 4.79. The maximum absolute atomic E-state index is 6.22. The van der Waals surface area contributed by atoms with E-state index in [0.29, 0.717) is 16.7 Å². The number of rotatable bonds is 3. The largest absolute Gasteiger partial charge is 0.212 e. The minimum atomic E-state index is 0.145. The van der Waals surface area contributed by atoms with Crippen molar-refractivity contribution in [2.45, 2.75) is 12.3 Å². The molecule has 0 bridgehead atoms. The highest BCUT2D eigenvalue weighted by molar-refractivity contribution is 9.10. The van der Waals surface area contributed by atoms with Crippen molar-refractivity contribution < 1.29 is 0 Å². The molecule has 26 heavy (non-hydrogen) atoms. The van der Waals surface area contributed by atoms with Crippen molar-refractivity contribution in [1.29, 1.82) is 0 Å².